The molecule has 0 saturated heterocycles. The van der Waals surface area contributed by atoms with Crippen molar-refractivity contribution in [3.8, 4) is 17.6 Å². The van der Waals surface area contributed by atoms with Crippen molar-refractivity contribution in [1.29, 1.82) is 0 Å². The quantitative estimate of drug-likeness (QED) is 0.481. The summed E-state index contributed by atoms with van der Waals surface area (Å²) in [4.78, 5) is 11.7. The van der Waals surface area contributed by atoms with Crippen molar-refractivity contribution >= 4 is 5.97 Å². The Morgan fingerprint density at radius 2 is 1.57 bits per heavy atom. The first kappa shape index (κ1) is 14.9. The molecule has 0 aliphatic rings. The molecule has 0 aromatic heterocycles. The molecule has 2 nitrogen and oxygen atoms in total. The van der Waals surface area contributed by atoms with E-state index in [9.17, 15) is 4.79 Å². The molecule has 0 N–H and O–H groups in total. The van der Waals surface area contributed by atoms with E-state index in [1.807, 2.05) is 56.3 Å². The highest BCUT2D eigenvalue weighted by Gasteiger charge is 2.12. The predicted octanol–water partition coefficient (Wildman–Crippen LogP) is 4.04. The Morgan fingerprint density at radius 1 is 1.00 bits per heavy atom. The van der Waals surface area contributed by atoms with Gasteiger partial charge in [-0.05, 0) is 42.8 Å². The molecule has 0 amide bonds. The molecule has 0 radical (unpaired) electrons. The van der Waals surface area contributed by atoms with E-state index in [0.717, 1.165) is 17.5 Å². The largest absolute Gasteiger partial charge is 0.426 e. The molecule has 1 atom stereocenters. The van der Waals surface area contributed by atoms with Gasteiger partial charge < -0.3 is 4.74 Å². The average molecular weight is 278 g/mol. The monoisotopic (exact) mass is 278 g/mol. The molecular formula is C19H18O2. The molecule has 0 spiro atoms. The molecule has 0 fully saturated rings. The second-order valence-corrected chi connectivity index (χ2v) is 4.87. The van der Waals surface area contributed by atoms with Gasteiger partial charge in [0, 0.05) is 11.1 Å². The zero-order chi connectivity index (χ0) is 15.1. The van der Waals surface area contributed by atoms with Crippen LogP contribution in [0.25, 0.3) is 0 Å². The summed E-state index contributed by atoms with van der Waals surface area (Å²) in [7, 11) is 0. The molecule has 0 aliphatic carbocycles. The third kappa shape index (κ3) is 4.50. The second-order valence-electron chi connectivity index (χ2n) is 4.87. The topological polar surface area (TPSA) is 26.3 Å². The number of carbonyl (C=O) groups is 1. The Morgan fingerprint density at radius 3 is 2.14 bits per heavy atom. The van der Waals surface area contributed by atoms with E-state index in [1.165, 1.54) is 0 Å². The van der Waals surface area contributed by atoms with Gasteiger partial charge in [0.2, 0.25) is 0 Å². The summed E-state index contributed by atoms with van der Waals surface area (Å²) in [6.45, 7) is 3.83. The minimum Gasteiger partial charge on any atom is -0.426 e. The molecule has 0 heterocycles. The van der Waals surface area contributed by atoms with Gasteiger partial charge in [-0.3, -0.25) is 4.79 Å². The van der Waals surface area contributed by atoms with Gasteiger partial charge in [-0.15, -0.1) is 0 Å². The minimum atomic E-state index is -0.194. The molecule has 2 aromatic rings. The van der Waals surface area contributed by atoms with Crippen LogP contribution in [0.2, 0.25) is 0 Å². The molecule has 0 bridgehead atoms. The number of hydrogen-bond acceptors (Lipinski definition) is 2. The fraction of sp³-hybridized carbons (Fsp3) is 0.211. The lowest BCUT2D eigenvalue weighted by Gasteiger charge is -2.08. The summed E-state index contributed by atoms with van der Waals surface area (Å²) < 4.78 is 5.30. The summed E-state index contributed by atoms with van der Waals surface area (Å²) in [6.07, 6.45) is 0.777. The van der Waals surface area contributed by atoms with Gasteiger partial charge in [0.1, 0.15) is 5.75 Å². The van der Waals surface area contributed by atoms with Crippen LogP contribution in [0.4, 0.5) is 0 Å². The van der Waals surface area contributed by atoms with Crippen molar-refractivity contribution in [2.24, 2.45) is 5.92 Å². The van der Waals surface area contributed by atoms with Crippen LogP contribution < -0.4 is 4.74 Å². The van der Waals surface area contributed by atoms with Crippen LogP contribution in [0.3, 0.4) is 0 Å². The lowest BCUT2D eigenvalue weighted by atomic mass is 10.1. The summed E-state index contributed by atoms with van der Waals surface area (Å²) in [5.74, 6) is 6.46. The molecule has 21 heavy (non-hydrogen) atoms. The number of benzene rings is 2. The first-order chi connectivity index (χ1) is 10.2. The summed E-state index contributed by atoms with van der Waals surface area (Å²) in [5, 5.41) is 0. The standard InChI is InChI=1S/C19H18O2/c1-3-15(2)19(20)21-18-13-11-17(12-14-18)10-9-16-7-5-4-6-8-16/h4-8,11-15H,3H2,1-2H3. The number of hydrogen-bond donors (Lipinski definition) is 0. The van der Waals surface area contributed by atoms with Gasteiger partial charge >= 0.3 is 5.97 Å². The highest BCUT2D eigenvalue weighted by Crippen LogP contribution is 2.14. The predicted molar refractivity (Wildman–Crippen MR) is 84.0 cm³/mol. The van der Waals surface area contributed by atoms with Crippen LogP contribution in [0.15, 0.2) is 54.6 Å². The molecule has 0 aliphatic heterocycles. The first-order valence-electron chi connectivity index (χ1n) is 7.08. The van der Waals surface area contributed by atoms with Gasteiger partial charge in [-0.2, -0.15) is 0 Å². The third-order valence-electron chi connectivity index (χ3n) is 3.21. The Hall–Kier alpha value is -2.53. The van der Waals surface area contributed by atoms with E-state index in [-0.39, 0.29) is 11.9 Å². The number of rotatable bonds is 3. The Balaban J connectivity index is 2.03. The molecule has 2 heteroatoms. The van der Waals surface area contributed by atoms with Crippen LogP contribution in [0.5, 0.6) is 5.75 Å². The summed E-state index contributed by atoms with van der Waals surface area (Å²) >= 11 is 0. The molecule has 1 unspecified atom stereocenters. The SMILES string of the molecule is CCC(C)C(=O)Oc1ccc(C#Cc2ccccc2)cc1. The van der Waals surface area contributed by atoms with E-state index in [4.69, 9.17) is 4.74 Å². The van der Waals surface area contributed by atoms with Gasteiger partial charge in [-0.25, -0.2) is 0 Å². The van der Waals surface area contributed by atoms with Gasteiger partial charge in [0.05, 0.1) is 5.92 Å². The maximum atomic E-state index is 11.7. The van der Waals surface area contributed by atoms with Crippen LogP contribution in [0, 0.1) is 17.8 Å². The van der Waals surface area contributed by atoms with Crippen molar-refractivity contribution in [1.82, 2.24) is 0 Å². The van der Waals surface area contributed by atoms with Crippen LogP contribution >= 0.6 is 0 Å². The lowest BCUT2D eigenvalue weighted by Crippen LogP contribution is -2.16. The van der Waals surface area contributed by atoms with Gasteiger partial charge in [0.15, 0.2) is 0 Å². The fourth-order valence-electron chi connectivity index (χ4n) is 1.66. The maximum absolute atomic E-state index is 11.7. The normalized spacial score (nSPS) is 11.1. The zero-order valence-corrected chi connectivity index (χ0v) is 12.3. The number of ether oxygens (including phenoxy) is 1. The van der Waals surface area contributed by atoms with E-state index in [1.54, 1.807) is 12.1 Å². The van der Waals surface area contributed by atoms with Crippen molar-refractivity contribution in [3.05, 3.63) is 65.7 Å². The third-order valence-corrected chi connectivity index (χ3v) is 3.21. The van der Waals surface area contributed by atoms with Crippen molar-refractivity contribution in [3.63, 3.8) is 0 Å². The van der Waals surface area contributed by atoms with Crippen LogP contribution in [-0.2, 0) is 4.79 Å². The van der Waals surface area contributed by atoms with Gasteiger partial charge in [0.25, 0.3) is 0 Å². The number of carbonyl (C=O) groups excluding carboxylic acids is 1. The molecule has 2 aromatic carbocycles. The molecule has 2 rings (SSSR count). The van der Waals surface area contributed by atoms with Crippen molar-refractivity contribution < 1.29 is 9.53 Å². The van der Waals surface area contributed by atoms with E-state index in [2.05, 4.69) is 11.8 Å². The number of esters is 1. The summed E-state index contributed by atoms with van der Waals surface area (Å²) in [5.41, 5.74) is 1.87. The van der Waals surface area contributed by atoms with Gasteiger partial charge in [-0.1, -0.05) is 43.9 Å². The molecule has 0 saturated carbocycles. The zero-order valence-electron chi connectivity index (χ0n) is 12.3. The van der Waals surface area contributed by atoms with Crippen molar-refractivity contribution in [2.75, 3.05) is 0 Å². The average Bonchev–Trinajstić information content (AvgIpc) is 2.54. The maximum Gasteiger partial charge on any atom is 0.314 e. The van der Waals surface area contributed by atoms with Crippen LogP contribution in [-0.4, -0.2) is 5.97 Å². The Bertz CT molecular complexity index is 645. The fourth-order valence-corrected chi connectivity index (χ4v) is 1.66. The van der Waals surface area contributed by atoms with E-state index >= 15 is 0 Å². The molecular weight excluding hydrogens is 260 g/mol. The second kappa shape index (κ2) is 7.31. The highest BCUT2D eigenvalue weighted by molar-refractivity contribution is 5.74. The minimum absolute atomic E-state index is 0.0810. The lowest BCUT2D eigenvalue weighted by molar-refractivity contribution is -0.138. The first-order valence-corrected chi connectivity index (χ1v) is 7.08. The highest BCUT2D eigenvalue weighted by atomic mass is 16.5. The van der Waals surface area contributed by atoms with E-state index < -0.39 is 0 Å². The van der Waals surface area contributed by atoms with Crippen LogP contribution in [0.1, 0.15) is 31.4 Å². The van der Waals surface area contributed by atoms with E-state index in [0.29, 0.717) is 5.75 Å². The van der Waals surface area contributed by atoms with Crippen molar-refractivity contribution in [2.45, 2.75) is 20.3 Å². The molecule has 106 valence electrons. The summed E-state index contributed by atoms with van der Waals surface area (Å²) in [6, 6.07) is 17.1. The Kier molecular flexibility index (Phi) is 5.17. The Labute approximate surface area is 125 Å². The smallest absolute Gasteiger partial charge is 0.314 e.